The van der Waals surface area contributed by atoms with Crippen LogP contribution in [0.5, 0.6) is 0 Å². The van der Waals surface area contributed by atoms with Gasteiger partial charge in [0, 0.05) is 14.2 Å². The first kappa shape index (κ1) is 20.3. The zero-order valence-corrected chi connectivity index (χ0v) is 17.6. The summed E-state index contributed by atoms with van der Waals surface area (Å²) in [5.41, 5.74) is 6.87. The van der Waals surface area contributed by atoms with Crippen LogP contribution in [0.4, 0.5) is 0 Å². The predicted molar refractivity (Wildman–Crippen MR) is 120 cm³/mol. The van der Waals surface area contributed by atoms with E-state index < -0.39 is 6.10 Å². The average molecular weight is 399 g/mol. The predicted octanol–water partition coefficient (Wildman–Crippen LogP) is 3.86. The minimum absolute atomic E-state index is 0.0810. The normalized spacial score (nSPS) is 12.3. The minimum Gasteiger partial charge on any atom is -0.438 e. The molecule has 4 aromatic rings. The molecule has 0 spiro atoms. The van der Waals surface area contributed by atoms with E-state index in [0.29, 0.717) is 0 Å². The monoisotopic (exact) mass is 399 g/mol. The third kappa shape index (κ3) is 4.15. The van der Waals surface area contributed by atoms with E-state index in [1.807, 2.05) is 44.3 Å². The maximum absolute atomic E-state index is 11.1. The maximum Gasteiger partial charge on any atom is 0.301 e. The van der Waals surface area contributed by atoms with Crippen LogP contribution < -0.4 is 0 Å². The highest BCUT2D eigenvalue weighted by Gasteiger charge is 2.19. The highest BCUT2D eigenvalue weighted by molar-refractivity contribution is 6.50. The van der Waals surface area contributed by atoms with E-state index in [-0.39, 0.29) is 6.92 Å². The summed E-state index contributed by atoms with van der Waals surface area (Å²) in [7, 11) is 3.63. The van der Waals surface area contributed by atoms with Crippen molar-refractivity contribution in [3.63, 3.8) is 0 Å². The molecule has 6 heteroatoms. The second-order valence-corrected chi connectivity index (χ2v) is 7.76. The molecule has 1 N–H and O–H groups in total. The molecule has 0 aliphatic carbocycles. The zero-order chi connectivity index (χ0) is 21.1. The first-order valence-electron chi connectivity index (χ1n) is 10.2. The minimum atomic E-state index is -0.716. The summed E-state index contributed by atoms with van der Waals surface area (Å²) in [6, 6.07) is 22.4. The fourth-order valence-electron chi connectivity index (χ4n) is 3.99. The van der Waals surface area contributed by atoms with Crippen molar-refractivity contribution >= 4 is 17.9 Å². The molecule has 0 saturated carbocycles. The topological polar surface area (TPSA) is 60.2 Å². The third-order valence-electron chi connectivity index (χ3n) is 5.74. The Morgan fingerprint density at radius 2 is 1.73 bits per heavy atom. The van der Waals surface area contributed by atoms with Crippen LogP contribution in [-0.4, -0.2) is 34.1 Å². The summed E-state index contributed by atoms with van der Waals surface area (Å²) in [6.07, 6.45) is 0.923. The Morgan fingerprint density at radius 1 is 1.00 bits per heavy atom. The van der Waals surface area contributed by atoms with Gasteiger partial charge >= 0.3 is 6.92 Å². The quantitative estimate of drug-likeness (QED) is 0.480. The van der Waals surface area contributed by atoms with Gasteiger partial charge in [0.1, 0.15) is 11.6 Å². The standard InChI is InChI=1S/C24H26BN3O2/c1-17-21(12-13-22-23(17)26-27-28(22)2)24(29)20-11-7-10-19(14-20)16-25(30-3)15-18-8-5-4-6-9-18/h4-14,24,29H,15-16H2,1-3H3. The molecule has 0 fully saturated rings. The number of aliphatic hydroxyl groups excluding tert-OH is 1. The van der Waals surface area contributed by atoms with Crippen molar-refractivity contribution in [1.82, 2.24) is 15.0 Å². The van der Waals surface area contributed by atoms with Crippen LogP contribution in [0, 0.1) is 6.92 Å². The van der Waals surface area contributed by atoms with Gasteiger partial charge in [-0.3, -0.25) is 0 Å². The van der Waals surface area contributed by atoms with E-state index in [0.717, 1.165) is 45.9 Å². The number of fused-ring (bicyclic) bond motifs is 1. The molecule has 0 bridgehead atoms. The molecular weight excluding hydrogens is 373 g/mol. The van der Waals surface area contributed by atoms with Gasteiger partial charge in [0.2, 0.25) is 0 Å². The Labute approximate surface area is 177 Å². The lowest BCUT2D eigenvalue weighted by molar-refractivity contribution is 0.219. The number of benzene rings is 3. The molecule has 1 aromatic heterocycles. The summed E-state index contributed by atoms with van der Waals surface area (Å²) in [5.74, 6) is 0. The van der Waals surface area contributed by atoms with Crippen molar-refractivity contribution in [2.45, 2.75) is 25.7 Å². The summed E-state index contributed by atoms with van der Waals surface area (Å²) in [6.45, 7) is 2.07. The lowest BCUT2D eigenvalue weighted by atomic mass is 9.58. The molecular formula is C24H26BN3O2. The number of aliphatic hydroxyl groups is 1. The smallest absolute Gasteiger partial charge is 0.301 e. The van der Waals surface area contributed by atoms with Crippen LogP contribution in [-0.2, 0) is 24.3 Å². The Kier molecular flexibility index (Phi) is 5.97. The molecule has 1 heterocycles. The van der Waals surface area contributed by atoms with Gasteiger partial charge in [0.25, 0.3) is 0 Å². The fourth-order valence-corrected chi connectivity index (χ4v) is 3.99. The summed E-state index contributed by atoms with van der Waals surface area (Å²) in [4.78, 5) is 0. The molecule has 0 radical (unpaired) electrons. The Bertz CT molecular complexity index is 1140. The van der Waals surface area contributed by atoms with Gasteiger partial charge in [-0.15, -0.1) is 5.10 Å². The number of hydrogen-bond donors (Lipinski definition) is 1. The Morgan fingerprint density at radius 3 is 2.50 bits per heavy atom. The van der Waals surface area contributed by atoms with Gasteiger partial charge in [-0.2, -0.15) is 0 Å². The molecule has 0 aliphatic heterocycles. The number of nitrogens with zero attached hydrogens (tertiary/aromatic N) is 3. The molecule has 5 nitrogen and oxygen atoms in total. The van der Waals surface area contributed by atoms with Gasteiger partial charge in [-0.05, 0) is 42.3 Å². The van der Waals surface area contributed by atoms with Crippen molar-refractivity contribution in [2.75, 3.05) is 7.11 Å². The molecule has 0 aliphatic rings. The van der Waals surface area contributed by atoms with Crippen molar-refractivity contribution < 1.29 is 9.76 Å². The SMILES string of the molecule is COB(Cc1ccccc1)Cc1cccc(C(O)c2ccc3c(nnn3C)c2C)c1. The van der Waals surface area contributed by atoms with E-state index >= 15 is 0 Å². The van der Waals surface area contributed by atoms with Crippen molar-refractivity contribution in [3.05, 3.63) is 94.5 Å². The molecule has 0 saturated heterocycles. The Hall–Kier alpha value is -2.96. The largest absolute Gasteiger partial charge is 0.438 e. The van der Waals surface area contributed by atoms with Gasteiger partial charge in [-0.25, -0.2) is 4.68 Å². The van der Waals surface area contributed by atoms with Crippen molar-refractivity contribution in [2.24, 2.45) is 7.05 Å². The summed E-state index contributed by atoms with van der Waals surface area (Å²) < 4.78 is 7.48. The molecule has 30 heavy (non-hydrogen) atoms. The second kappa shape index (κ2) is 8.82. The van der Waals surface area contributed by atoms with Crippen LogP contribution in [0.3, 0.4) is 0 Å². The van der Waals surface area contributed by atoms with Crippen LogP contribution in [0.2, 0.25) is 0 Å². The number of aromatic nitrogens is 3. The van der Waals surface area contributed by atoms with Crippen LogP contribution in [0.1, 0.15) is 33.9 Å². The second-order valence-electron chi connectivity index (χ2n) is 7.76. The first-order chi connectivity index (χ1) is 14.6. The zero-order valence-electron chi connectivity index (χ0n) is 17.6. The molecule has 152 valence electrons. The average Bonchev–Trinajstić information content (AvgIpc) is 3.15. The van der Waals surface area contributed by atoms with Crippen molar-refractivity contribution in [3.8, 4) is 0 Å². The van der Waals surface area contributed by atoms with Crippen LogP contribution >= 0.6 is 0 Å². The van der Waals surface area contributed by atoms with E-state index in [2.05, 4.69) is 46.7 Å². The number of aryl methyl sites for hydroxylation is 2. The van der Waals surface area contributed by atoms with Crippen molar-refractivity contribution in [1.29, 1.82) is 0 Å². The third-order valence-corrected chi connectivity index (χ3v) is 5.74. The van der Waals surface area contributed by atoms with Gasteiger partial charge < -0.3 is 9.76 Å². The van der Waals surface area contributed by atoms with Crippen LogP contribution in [0.25, 0.3) is 11.0 Å². The number of rotatable bonds is 7. The maximum atomic E-state index is 11.1. The summed E-state index contributed by atoms with van der Waals surface area (Å²) >= 11 is 0. The lowest BCUT2D eigenvalue weighted by Crippen LogP contribution is -2.23. The van der Waals surface area contributed by atoms with E-state index in [9.17, 15) is 5.11 Å². The molecule has 1 atom stereocenters. The fraction of sp³-hybridized carbons (Fsp3) is 0.250. The van der Waals surface area contributed by atoms with E-state index in [1.54, 1.807) is 11.8 Å². The number of hydrogen-bond acceptors (Lipinski definition) is 4. The van der Waals surface area contributed by atoms with E-state index in [4.69, 9.17) is 4.65 Å². The molecule has 0 amide bonds. The lowest BCUT2D eigenvalue weighted by Gasteiger charge is -2.17. The van der Waals surface area contributed by atoms with Gasteiger partial charge in [-0.1, -0.05) is 77.0 Å². The highest BCUT2D eigenvalue weighted by atomic mass is 16.4. The van der Waals surface area contributed by atoms with Crippen LogP contribution in [0.15, 0.2) is 66.7 Å². The van der Waals surface area contributed by atoms with Gasteiger partial charge in [0.05, 0.1) is 5.52 Å². The highest BCUT2D eigenvalue weighted by Crippen LogP contribution is 2.29. The Balaban J connectivity index is 1.56. The molecule has 1 unspecified atom stereocenters. The molecule has 3 aromatic carbocycles. The summed E-state index contributed by atoms with van der Waals surface area (Å²) in [5, 5.41) is 19.4. The van der Waals surface area contributed by atoms with E-state index in [1.165, 1.54) is 5.56 Å². The first-order valence-corrected chi connectivity index (χ1v) is 10.2. The van der Waals surface area contributed by atoms with Gasteiger partial charge in [0.15, 0.2) is 0 Å². The molecule has 4 rings (SSSR count).